The standard InChI is InChI=1S/C14H19NO3/c1-5-8-12-11(6-2)9-13(14(17)18-7-3)15(12)10(4)16/h5-6,8,13H,2,7,9H2,1,3-4H3/b8-5-. The smallest absolute Gasteiger partial charge is 0.329 e. The number of carbonyl (C=O) groups is 2. The zero-order chi connectivity index (χ0) is 13.7. The minimum Gasteiger partial charge on any atom is -0.464 e. The van der Waals surface area contributed by atoms with Gasteiger partial charge in [0.05, 0.1) is 6.61 Å². The predicted octanol–water partition coefficient (Wildman–Crippen LogP) is 2.19. The highest BCUT2D eigenvalue weighted by atomic mass is 16.5. The number of rotatable bonds is 4. The van der Waals surface area contributed by atoms with E-state index in [-0.39, 0.29) is 11.9 Å². The van der Waals surface area contributed by atoms with Gasteiger partial charge in [-0.3, -0.25) is 9.69 Å². The molecule has 1 amide bonds. The molecule has 98 valence electrons. The highest BCUT2D eigenvalue weighted by molar-refractivity contribution is 5.87. The predicted molar refractivity (Wildman–Crippen MR) is 69.6 cm³/mol. The van der Waals surface area contributed by atoms with Gasteiger partial charge >= 0.3 is 5.97 Å². The molecule has 0 aromatic carbocycles. The Hall–Kier alpha value is -1.84. The lowest BCUT2D eigenvalue weighted by Gasteiger charge is -2.23. The number of amides is 1. The summed E-state index contributed by atoms with van der Waals surface area (Å²) in [5.41, 5.74) is 1.62. The van der Waals surface area contributed by atoms with Gasteiger partial charge in [0.1, 0.15) is 6.04 Å². The van der Waals surface area contributed by atoms with E-state index in [9.17, 15) is 9.59 Å². The van der Waals surface area contributed by atoms with Crippen LogP contribution in [0.15, 0.2) is 36.1 Å². The molecule has 1 heterocycles. The van der Waals surface area contributed by atoms with Crippen molar-refractivity contribution in [1.29, 1.82) is 0 Å². The highest BCUT2D eigenvalue weighted by Crippen LogP contribution is 2.31. The van der Waals surface area contributed by atoms with Crippen molar-refractivity contribution in [2.45, 2.75) is 33.2 Å². The Labute approximate surface area is 108 Å². The van der Waals surface area contributed by atoms with E-state index in [2.05, 4.69) is 6.58 Å². The second-order valence-electron chi connectivity index (χ2n) is 3.98. The van der Waals surface area contributed by atoms with Crippen molar-refractivity contribution in [1.82, 2.24) is 4.90 Å². The van der Waals surface area contributed by atoms with Gasteiger partial charge in [-0.25, -0.2) is 4.79 Å². The normalized spacial score (nSPS) is 19.5. The monoisotopic (exact) mass is 249 g/mol. The second kappa shape index (κ2) is 6.19. The number of carbonyl (C=O) groups excluding carboxylic acids is 2. The number of hydrogen-bond acceptors (Lipinski definition) is 3. The first-order valence-corrected chi connectivity index (χ1v) is 6.01. The molecule has 0 fully saturated rings. The number of allylic oxidation sites excluding steroid dienone is 3. The van der Waals surface area contributed by atoms with Crippen LogP contribution >= 0.6 is 0 Å². The van der Waals surface area contributed by atoms with Crippen molar-refractivity contribution in [3.8, 4) is 0 Å². The zero-order valence-electron chi connectivity index (χ0n) is 11.1. The van der Waals surface area contributed by atoms with Crippen LogP contribution < -0.4 is 0 Å². The average molecular weight is 249 g/mol. The fourth-order valence-corrected chi connectivity index (χ4v) is 2.08. The van der Waals surface area contributed by atoms with Crippen LogP contribution in [0, 0.1) is 0 Å². The molecule has 0 spiro atoms. The zero-order valence-corrected chi connectivity index (χ0v) is 11.1. The third-order valence-electron chi connectivity index (χ3n) is 2.78. The van der Waals surface area contributed by atoms with Crippen molar-refractivity contribution in [3.63, 3.8) is 0 Å². The van der Waals surface area contributed by atoms with Crippen molar-refractivity contribution in [2.75, 3.05) is 6.61 Å². The van der Waals surface area contributed by atoms with Gasteiger partial charge in [0.15, 0.2) is 0 Å². The second-order valence-corrected chi connectivity index (χ2v) is 3.98. The molecule has 0 radical (unpaired) electrons. The summed E-state index contributed by atoms with van der Waals surface area (Å²) in [4.78, 5) is 25.1. The lowest BCUT2D eigenvalue weighted by Crippen LogP contribution is -2.40. The molecule has 0 aliphatic carbocycles. The topological polar surface area (TPSA) is 46.6 Å². The first-order valence-electron chi connectivity index (χ1n) is 6.01. The van der Waals surface area contributed by atoms with Crippen LogP contribution in [0.25, 0.3) is 0 Å². The van der Waals surface area contributed by atoms with Gasteiger partial charge in [-0.2, -0.15) is 0 Å². The molecule has 0 N–H and O–H groups in total. The SMILES string of the molecule is C=CC1=C(/C=C\C)N(C(C)=O)C(C(=O)OCC)C1. The van der Waals surface area contributed by atoms with E-state index in [1.807, 2.05) is 19.1 Å². The molecule has 1 aliphatic heterocycles. The first-order chi connectivity index (χ1) is 8.56. The third-order valence-corrected chi connectivity index (χ3v) is 2.78. The van der Waals surface area contributed by atoms with Gasteiger partial charge in [-0.1, -0.05) is 18.7 Å². The molecule has 1 atom stereocenters. The van der Waals surface area contributed by atoms with E-state index < -0.39 is 6.04 Å². The van der Waals surface area contributed by atoms with Gasteiger partial charge in [0.2, 0.25) is 5.91 Å². The Morgan fingerprint density at radius 3 is 2.67 bits per heavy atom. The summed E-state index contributed by atoms with van der Waals surface area (Å²) in [7, 11) is 0. The minimum atomic E-state index is -0.568. The largest absolute Gasteiger partial charge is 0.464 e. The van der Waals surface area contributed by atoms with Crippen LogP contribution in [-0.4, -0.2) is 29.4 Å². The quantitative estimate of drug-likeness (QED) is 0.717. The van der Waals surface area contributed by atoms with E-state index in [1.54, 1.807) is 13.0 Å². The Morgan fingerprint density at radius 2 is 2.22 bits per heavy atom. The third kappa shape index (κ3) is 2.70. The average Bonchev–Trinajstić information content (AvgIpc) is 2.68. The van der Waals surface area contributed by atoms with Crippen LogP contribution in [0.1, 0.15) is 27.2 Å². The molecule has 0 saturated heterocycles. The molecule has 0 saturated carbocycles. The summed E-state index contributed by atoms with van der Waals surface area (Å²) in [5, 5.41) is 0. The summed E-state index contributed by atoms with van der Waals surface area (Å²) in [6.45, 7) is 9.10. The fourth-order valence-electron chi connectivity index (χ4n) is 2.08. The van der Waals surface area contributed by atoms with Crippen LogP contribution in [0.3, 0.4) is 0 Å². The summed E-state index contributed by atoms with van der Waals surface area (Å²) in [6.07, 6.45) is 5.80. The first kappa shape index (κ1) is 14.2. The van der Waals surface area contributed by atoms with E-state index in [4.69, 9.17) is 4.74 Å². The minimum absolute atomic E-state index is 0.169. The maximum atomic E-state index is 11.9. The molecule has 4 heteroatoms. The Balaban J connectivity index is 3.10. The van der Waals surface area contributed by atoms with E-state index in [1.165, 1.54) is 11.8 Å². The maximum absolute atomic E-state index is 11.9. The maximum Gasteiger partial charge on any atom is 0.329 e. The Kier molecular flexibility index (Phi) is 4.89. The van der Waals surface area contributed by atoms with Gasteiger partial charge in [-0.05, 0) is 25.5 Å². The summed E-state index contributed by atoms with van der Waals surface area (Å²) < 4.78 is 5.01. The number of esters is 1. The molecule has 0 bridgehead atoms. The molecular formula is C14H19NO3. The van der Waals surface area contributed by atoms with Gasteiger partial charge < -0.3 is 4.74 Å². The fraction of sp³-hybridized carbons (Fsp3) is 0.429. The Morgan fingerprint density at radius 1 is 1.56 bits per heavy atom. The van der Waals surface area contributed by atoms with Crippen molar-refractivity contribution in [2.24, 2.45) is 0 Å². The molecule has 18 heavy (non-hydrogen) atoms. The number of nitrogens with zero attached hydrogens (tertiary/aromatic N) is 1. The van der Waals surface area contributed by atoms with E-state index >= 15 is 0 Å². The summed E-state index contributed by atoms with van der Waals surface area (Å²) in [6, 6.07) is -0.568. The Bertz CT molecular complexity index is 421. The van der Waals surface area contributed by atoms with Crippen LogP contribution in [0.4, 0.5) is 0 Å². The van der Waals surface area contributed by atoms with Crippen LogP contribution in [0.5, 0.6) is 0 Å². The molecule has 1 rings (SSSR count). The van der Waals surface area contributed by atoms with Crippen molar-refractivity contribution in [3.05, 3.63) is 36.1 Å². The molecule has 1 unspecified atom stereocenters. The van der Waals surface area contributed by atoms with Gasteiger partial charge in [0, 0.05) is 19.0 Å². The van der Waals surface area contributed by atoms with Gasteiger partial charge in [0.25, 0.3) is 0 Å². The molecule has 1 aliphatic rings. The lowest BCUT2D eigenvalue weighted by atomic mass is 10.1. The van der Waals surface area contributed by atoms with Gasteiger partial charge in [-0.15, -0.1) is 0 Å². The molecule has 4 nitrogen and oxygen atoms in total. The number of ether oxygens (including phenoxy) is 1. The molecular weight excluding hydrogens is 230 g/mol. The lowest BCUT2D eigenvalue weighted by molar-refractivity contribution is -0.151. The molecule has 0 aromatic heterocycles. The van der Waals surface area contributed by atoms with Crippen LogP contribution in [-0.2, 0) is 14.3 Å². The van der Waals surface area contributed by atoms with Crippen LogP contribution in [0.2, 0.25) is 0 Å². The van der Waals surface area contributed by atoms with E-state index in [0.29, 0.717) is 13.0 Å². The number of hydrogen-bond donors (Lipinski definition) is 0. The van der Waals surface area contributed by atoms with Crippen molar-refractivity contribution >= 4 is 11.9 Å². The summed E-state index contributed by atoms with van der Waals surface area (Å²) in [5.74, 6) is -0.537. The highest BCUT2D eigenvalue weighted by Gasteiger charge is 2.37. The molecule has 0 aromatic rings. The summed E-state index contributed by atoms with van der Waals surface area (Å²) >= 11 is 0. The van der Waals surface area contributed by atoms with Crippen molar-refractivity contribution < 1.29 is 14.3 Å². The van der Waals surface area contributed by atoms with E-state index in [0.717, 1.165) is 11.3 Å².